The lowest BCUT2D eigenvalue weighted by Crippen LogP contribution is -2.43. The Kier molecular flexibility index (Phi) is 5.31. The fourth-order valence-electron chi connectivity index (χ4n) is 2.59. The molecule has 4 heteroatoms. The van der Waals surface area contributed by atoms with E-state index in [1.807, 2.05) is 12.1 Å². The van der Waals surface area contributed by atoms with Gasteiger partial charge in [-0.3, -0.25) is 4.90 Å². The fraction of sp³-hybridized carbons (Fsp3) is 0.600. The van der Waals surface area contributed by atoms with Crippen LogP contribution in [0.2, 0.25) is 0 Å². The second-order valence-electron chi connectivity index (χ2n) is 5.14. The van der Waals surface area contributed by atoms with E-state index in [0.29, 0.717) is 11.7 Å². The SMILES string of the molecule is CCN(Cc1ccnc(C#N)c1)CC1CCCCN1. The lowest BCUT2D eigenvalue weighted by Gasteiger charge is -2.29. The molecule has 1 unspecified atom stereocenters. The zero-order valence-corrected chi connectivity index (χ0v) is 11.6. The van der Waals surface area contributed by atoms with Gasteiger partial charge in [0.2, 0.25) is 0 Å². The van der Waals surface area contributed by atoms with E-state index in [4.69, 9.17) is 5.26 Å². The lowest BCUT2D eigenvalue weighted by atomic mass is 10.0. The van der Waals surface area contributed by atoms with Gasteiger partial charge in [-0.15, -0.1) is 0 Å². The van der Waals surface area contributed by atoms with Crippen molar-refractivity contribution in [2.45, 2.75) is 38.8 Å². The van der Waals surface area contributed by atoms with E-state index < -0.39 is 0 Å². The van der Waals surface area contributed by atoms with Crippen molar-refractivity contribution < 1.29 is 0 Å². The number of hydrogen-bond donors (Lipinski definition) is 1. The van der Waals surface area contributed by atoms with Gasteiger partial charge in [-0.1, -0.05) is 13.3 Å². The molecule has 0 aliphatic carbocycles. The van der Waals surface area contributed by atoms with Gasteiger partial charge >= 0.3 is 0 Å². The number of nitrogens with one attached hydrogen (secondary N) is 1. The number of nitrogens with zero attached hydrogens (tertiary/aromatic N) is 3. The van der Waals surface area contributed by atoms with E-state index in [2.05, 4.69) is 28.2 Å². The highest BCUT2D eigenvalue weighted by Crippen LogP contribution is 2.11. The Morgan fingerprint density at radius 1 is 1.53 bits per heavy atom. The van der Waals surface area contributed by atoms with Gasteiger partial charge in [0.05, 0.1) is 0 Å². The predicted octanol–water partition coefficient (Wildman–Crippen LogP) is 1.92. The Bertz CT molecular complexity index is 432. The van der Waals surface area contributed by atoms with Gasteiger partial charge in [-0.05, 0) is 43.6 Å². The molecule has 1 aliphatic heterocycles. The number of likely N-dealkylation sites (N-methyl/N-ethyl adjacent to an activating group) is 1. The van der Waals surface area contributed by atoms with Gasteiger partial charge < -0.3 is 5.32 Å². The van der Waals surface area contributed by atoms with Crippen molar-refractivity contribution in [3.63, 3.8) is 0 Å². The molecule has 0 saturated carbocycles. The molecule has 1 aromatic rings. The standard InChI is InChI=1S/C15H22N4/c1-2-19(12-14-5-3-4-7-17-14)11-13-6-8-18-15(9-13)10-16/h6,8-9,14,17H,2-5,7,11-12H2,1H3. The first-order chi connectivity index (χ1) is 9.31. The zero-order valence-electron chi connectivity index (χ0n) is 11.6. The van der Waals surface area contributed by atoms with Crippen LogP contribution in [0.25, 0.3) is 0 Å². The summed E-state index contributed by atoms with van der Waals surface area (Å²) in [7, 11) is 0. The Hall–Kier alpha value is -1.44. The molecule has 19 heavy (non-hydrogen) atoms. The van der Waals surface area contributed by atoms with Crippen LogP contribution in [0.4, 0.5) is 0 Å². The van der Waals surface area contributed by atoms with Crippen LogP contribution in [-0.4, -0.2) is 35.6 Å². The van der Waals surface area contributed by atoms with Crippen molar-refractivity contribution in [2.75, 3.05) is 19.6 Å². The summed E-state index contributed by atoms with van der Waals surface area (Å²) in [6, 6.07) is 6.60. The summed E-state index contributed by atoms with van der Waals surface area (Å²) in [6.07, 6.45) is 5.64. The summed E-state index contributed by atoms with van der Waals surface area (Å²) in [6.45, 7) is 6.35. The lowest BCUT2D eigenvalue weighted by molar-refractivity contribution is 0.226. The molecule has 2 rings (SSSR count). The summed E-state index contributed by atoms with van der Waals surface area (Å²) in [5, 5.41) is 12.5. The quantitative estimate of drug-likeness (QED) is 0.876. The van der Waals surface area contributed by atoms with Gasteiger partial charge in [-0.25, -0.2) is 4.98 Å². The summed E-state index contributed by atoms with van der Waals surface area (Å²) in [5.74, 6) is 0. The molecule has 0 aromatic carbocycles. The van der Waals surface area contributed by atoms with E-state index >= 15 is 0 Å². The first-order valence-electron chi connectivity index (χ1n) is 7.12. The van der Waals surface area contributed by atoms with Gasteiger partial charge in [-0.2, -0.15) is 5.26 Å². The van der Waals surface area contributed by atoms with E-state index in [0.717, 1.165) is 26.2 Å². The normalized spacial score (nSPS) is 19.3. The summed E-state index contributed by atoms with van der Waals surface area (Å²) in [4.78, 5) is 6.44. The molecule has 4 nitrogen and oxygen atoms in total. The molecule has 1 aliphatic rings. The third-order valence-electron chi connectivity index (χ3n) is 3.68. The van der Waals surface area contributed by atoms with Crippen LogP contribution in [0.5, 0.6) is 0 Å². The maximum absolute atomic E-state index is 8.88. The third-order valence-corrected chi connectivity index (χ3v) is 3.68. The highest BCUT2D eigenvalue weighted by Gasteiger charge is 2.15. The number of piperidine rings is 1. The Morgan fingerprint density at radius 2 is 2.42 bits per heavy atom. The summed E-state index contributed by atoms with van der Waals surface area (Å²) < 4.78 is 0. The first-order valence-corrected chi connectivity index (χ1v) is 7.12. The van der Waals surface area contributed by atoms with E-state index in [1.54, 1.807) is 6.20 Å². The highest BCUT2D eigenvalue weighted by atomic mass is 15.1. The number of nitriles is 1. The maximum Gasteiger partial charge on any atom is 0.140 e. The largest absolute Gasteiger partial charge is 0.313 e. The second kappa shape index (κ2) is 7.22. The molecule has 1 saturated heterocycles. The van der Waals surface area contributed by atoms with Crippen molar-refractivity contribution in [1.29, 1.82) is 5.26 Å². The molecule has 1 N–H and O–H groups in total. The maximum atomic E-state index is 8.88. The van der Waals surface area contributed by atoms with E-state index in [-0.39, 0.29) is 0 Å². The van der Waals surface area contributed by atoms with Crippen molar-refractivity contribution in [3.8, 4) is 6.07 Å². The van der Waals surface area contributed by atoms with Crippen molar-refractivity contribution >= 4 is 0 Å². The van der Waals surface area contributed by atoms with Crippen LogP contribution in [0.15, 0.2) is 18.3 Å². The zero-order chi connectivity index (χ0) is 13.5. The van der Waals surface area contributed by atoms with Crippen LogP contribution in [0.1, 0.15) is 37.4 Å². The average molecular weight is 258 g/mol. The third kappa shape index (κ3) is 4.30. The Morgan fingerprint density at radius 3 is 3.11 bits per heavy atom. The van der Waals surface area contributed by atoms with E-state index in [9.17, 15) is 0 Å². The molecule has 102 valence electrons. The summed E-state index contributed by atoms with van der Waals surface area (Å²) in [5.41, 5.74) is 1.67. The minimum absolute atomic E-state index is 0.504. The van der Waals surface area contributed by atoms with Crippen LogP contribution in [0.3, 0.4) is 0 Å². The predicted molar refractivity (Wildman–Crippen MR) is 75.5 cm³/mol. The number of rotatable bonds is 5. The molecule has 1 atom stereocenters. The number of aromatic nitrogens is 1. The van der Waals surface area contributed by atoms with Gasteiger partial charge in [0.1, 0.15) is 11.8 Å². The van der Waals surface area contributed by atoms with Gasteiger partial charge in [0.15, 0.2) is 0 Å². The first kappa shape index (κ1) is 14.0. The molecule has 0 spiro atoms. The smallest absolute Gasteiger partial charge is 0.140 e. The Labute approximate surface area is 115 Å². The number of pyridine rings is 1. The molecule has 1 aromatic heterocycles. The number of hydrogen-bond acceptors (Lipinski definition) is 4. The molecular formula is C15H22N4. The molecule has 0 amide bonds. The molecule has 0 radical (unpaired) electrons. The summed E-state index contributed by atoms with van der Waals surface area (Å²) >= 11 is 0. The minimum atomic E-state index is 0.504. The minimum Gasteiger partial charge on any atom is -0.313 e. The highest BCUT2D eigenvalue weighted by molar-refractivity contribution is 5.25. The van der Waals surface area contributed by atoms with E-state index in [1.165, 1.54) is 24.8 Å². The second-order valence-corrected chi connectivity index (χ2v) is 5.14. The van der Waals surface area contributed by atoms with Gasteiger partial charge in [0, 0.05) is 25.3 Å². The average Bonchev–Trinajstić information content (AvgIpc) is 2.48. The van der Waals surface area contributed by atoms with Gasteiger partial charge in [0.25, 0.3) is 0 Å². The van der Waals surface area contributed by atoms with Crippen molar-refractivity contribution in [1.82, 2.24) is 15.2 Å². The Balaban J connectivity index is 1.92. The molecule has 0 bridgehead atoms. The fourth-order valence-corrected chi connectivity index (χ4v) is 2.59. The molecular weight excluding hydrogens is 236 g/mol. The monoisotopic (exact) mass is 258 g/mol. The van der Waals surface area contributed by atoms with Crippen molar-refractivity contribution in [2.24, 2.45) is 0 Å². The van der Waals surface area contributed by atoms with Crippen LogP contribution >= 0.6 is 0 Å². The topological polar surface area (TPSA) is 52.0 Å². The van der Waals surface area contributed by atoms with Crippen LogP contribution in [-0.2, 0) is 6.54 Å². The van der Waals surface area contributed by atoms with Crippen LogP contribution in [0, 0.1) is 11.3 Å². The van der Waals surface area contributed by atoms with Crippen LogP contribution < -0.4 is 5.32 Å². The molecule has 2 heterocycles. The van der Waals surface area contributed by atoms with Crippen molar-refractivity contribution in [3.05, 3.63) is 29.6 Å². The molecule has 1 fully saturated rings.